The molecule has 0 unspecified atom stereocenters. The molecule has 2 N–H and O–H groups in total. The molecule has 0 spiro atoms. The van der Waals surface area contributed by atoms with Crippen molar-refractivity contribution in [2.24, 2.45) is 0 Å². The maximum Gasteiger partial charge on any atom is 0.0662 e. The van der Waals surface area contributed by atoms with E-state index < -0.39 is 0 Å². The maximum atomic E-state index is 7.62. The first-order valence-corrected chi connectivity index (χ1v) is 4.32. The topological polar surface area (TPSA) is 40.5 Å². The van der Waals surface area contributed by atoms with Gasteiger partial charge in [0.1, 0.15) is 0 Å². The summed E-state index contributed by atoms with van der Waals surface area (Å²) in [5, 5.41) is 15.2. The average molecular weight is 201 g/mol. The fourth-order valence-corrected chi connectivity index (χ4v) is 0.782. The summed E-state index contributed by atoms with van der Waals surface area (Å²) in [7, 11) is 0. The molecule has 13 heavy (non-hydrogen) atoms. The number of benzene rings is 1. The molecule has 0 amide bonds. The van der Waals surface area contributed by atoms with Crippen LogP contribution in [0.1, 0.15) is 5.56 Å². The van der Waals surface area contributed by atoms with E-state index in [1.807, 2.05) is 36.4 Å². The fraction of sp³-hybridized carbons (Fsp3) is 0.200. The first-order chi connectivity index (χ1) is 6.35. The second-order valence-electron chi connectivity index (χ2n) is 2.15. The lowest BCUT2D eigenvalue weighted by Crippen LogP contribution is -1.85. The highest BCUT2D eigenvalue weighted by Crippen LogP contribution is 2.00. The number of aliphatic hydroxyl groups excluding tert-OH is 2. The van der Waals surface area contributed by atoms with E-state index in [0.29, 0.717) is 0 Å². The third-order valence-electron chi connectivity index (χ3n) is 1.16. The molecule has 2 nitrogen and oxygen atoms in total. The Kier molecular flexibility index (Phi) is 8.67. The van der Waals surface area contributed by atoms with Gasteiger partial charge in [0.15, 0.2) is 0 Å². The molecule has 3 heteroatoms. The zero-order valence-electron chi connectivity index (χ0n) is 7.23. The van der Waals surface area contributed by atoms with Gasteiger partial charge in [-0.3, -0.25) is 0 Å². The van der Waals surface area contributed by atoms with Crippen molar-refractivity contribution in [3.05, 3.63) is 41.4 Å². The number of hydrogen-bond donors (Lipinski definition) is 2. The lowest BCUT2D eigenvalue weighted by molar-refractivity contribution is 0.186. The van der Waals surface area contributed by atoms with E-state index >= 15 is 0 Å². The Morgan fingerprint density at radius 2 is 1.62 bits per heavy atom. The van der Waals surface area contributed by atoms with Crippen LogP contribution in [0.15, 0.2) is 35.9 Å². The Morgan fingerprint density at radius 3 is 2.00 bits per heavy atom. The number of aliphatic hydroxyl groups is 2. The molecule has 0 saturated carbocycles. The molecule has 0 aliphatic carbocycles. The lowest BCUT2D eigenvalue weighted by Gasteiger charge is -1.86. The minimum Gasteiger partial charge on any atom is -0.394 e. The standard InChI is InChI=1S/C8H7Cl.C2H6O2/c9-7-6-8-4-2-1-3-5-8;3-1-2-4/h1-7H;3-4H,1-2H2. The number of rotatable bonds is 2. The maximum absolute atomic E-state index is 7.62. The van der Waals surface area contributed by atoms with E-state index in [4.69, 9.17) is 21.8 Å². The van der Waals surface area contributed by atoms with Gasteiger partial charge in [-0.15, -0.1) is 0 Å². The monoisotopic (exact) mass is 200 g/mol. The van der Waals surface area contributed by atoms with E-state index in [9.17, 15) is 0 Å². The first kappa shape index (κ1) is 12.2. The van der Waals surface area contributed by atoms with Crippen molar-refractivity contribution in [2.75, 3.05) is 13.2 Å². The quantitative estimate of drug-likeness (QED) is 0.765. The lowest BCUT2D eigenvalue weighted by atomic mass is 10.2. The van der Waals surface area contributed by atoms with Gasteiger partial charge in [-0.25, -0.2) is 0 Å². The molecule has 0 radical (unpaired) electrons. The summed E-state index contributed by atoms with van der Waals surface area (Å²) < 4.78 is 0. The highest BCUT2D eigenvalue weighted by molar-refractivity contribution is 6.27. The number of halogens is 1. The highest BCUT2D eigenvalue weighted by Gasteiger charge is 1.78. The summed E-state index contributed by atoms with van der Waals surface area (Å²) in [4.78, 5) is 0. The van der Waals surface area contributed by atoms with Crippen molar-refractivity contribution in [1.82, 2.24) is 0 Å². The minimum atomic E-state index is -0.125. The summed E-state index contributed by atoms with van der Waals surface area (Å²) in [6.45, 7) is -0.250. The molecule has 0 atom stereocenters. The van der Waals surface area contributed by atoms with Crippen LogP contribution in [0.3, 0.4) is 0 Å². The van der Waals surface area contributed by atoms with Gasteiger partial charge in [0, 0.05) is 5.54 Å². The molecule has 72 valence electrons. The van der Waals surface area contributed by atoms with Gasteiger partial charge in [0.25, 0.3) is 0 Å². The van der Waals surface area contributed by atoms with Crippen LogP contribution in [0.25, 0.3) is 6.08 Å². The normalized spacial score (nSPS) is 9.46. The molecular formula is C10H13ClO2. The van der Waals surface area contributed by atoms with Crippen molar-refractivity contribution in [2.45, 2.75) is 0 Å². The van der Waals surface area contributed by atoms with E-state index in [1.54, 1.807) is 0 Å². The first-order valence-electron chi connectivity index (χ1n) is 3.88. The van der Waals surface area contributed by atoms with Crippen LogP contribution in [0.2, 0.25) is 0 Å². The average Bonchev–Trinajstić information content (AvgIpc) is 2.20. The zero-order chi connectivity index (χ0) is 9.94. The van der Waals surface area contributed by atoms with Crippen LogP contribution in [0.4, 0.5) is 0 Å². The third-order valence-corrected chi connectivity index (χ3v) is 1.28. The van der Waals surface area contributed by atoms with Crippen LogP contribution in [0.5, 0.6) is 0 Å². The van der Waals surface area contributed by atoms with Gasteiger partial charge in [-0.05, 0) is 11.6 Å². The molecule has 1 rings (SSSR count). The second-order valence-corrected chi connectivity index (χ2v) is 2.40. The Morgan fingerprint density at radius 1 is 1.08 bits per heavy atom. The molecular weight excluding hydrogens is 188 g/mol. The van der Waals surface area contributed by atoms with E-state index in [-0.39, 0.29) is 13.2 Å². The van der Waals surface area contributed by atoms with Gasteiger partial charge in [0.2, 0.25) is 0 Å². The van der Waals surface area contributed by atoms with Gasteiger partial charge < -0.3 is 10.2 Å². The second kappa shape index (κ2) is 9.26. The molecule has 0 fully saturated rings. The van der Waals surface area contributed by atoms with Crippen LogP contribution in [-0.4, -0.2) is 23.4 Å². The molecule has 0 aliphatic rings. The summed E-state index contributed by atoms with van der Waals surface area (Å²) in [5.74, 6) is 0. The summed E-state index contributed by atoms with van der Waals surface area (Å²) in [6.07, 6.45) is 1.85. The summed E-state index contributed by atoms with van der Waals surface area (Å²) in [5.41, 5.74) is 2.64. The van der Waals surface area contributed by atoms with Crippen molar-refractivity contribution in [1.29, 1.82) is 0 Å². The molecule has 0 heterocycles. The molecule has 0 saturated heterocycles. The Balaban J connectivity index is 0.000000310. The molecule has 1 aromatic rings. The Labute approximate surface area is 83.1 Å². The van der Waals surface area contributed by atoms with Gasteiger partial charge in [-0.1, -0.05) is 41.9 Å². The molecule has 0 aliphatic heterocycles. The smallest absolute Gasteiger partial charge is 0.0662 e. The Bertz CT molecular complexity index is 220. The van der Waals surface area contributed by atoms with Gasteiger partial charge in [-0.2, -0.15) is 0 Å². The SMILES string of the molecule is ClC=Cc1ccccc1.OCCO. The Hall–Kier alpha value is -0.830. The van der Waals surface area contributed by atoms with Crippen molar-refractivity contribution < 1.29 is 10.2 Å². The fourth-order valence-electron chi connectivity index (χ4n) is 0.637. The predicted molar refractivity (Wildman–Crippen MR) is 55.5 cm³/mol. The van der Waals surface area contributed by atoms with Crippen LogP contribution < -0.4 is 0 Å². The van der Waals surface area contributed by atoms with Crippen LogP contribution >= 0.6 is 11.6 Å². The van der Waals surface area contributed by atoms with Crippen molar-refractivity contribution >= 4 is 17.7 Å². The van der Waals surface area contributed by atoms with Gasteiger partial charge >= 0.3 is 0 Å². The molecule has 0 aromatic heterocycles. The van der Waals surface area contributed by atoms with E-state index in [0.717, 1.165) is 5.56 Å². The van der Waals surface area contributed by atoms with Crippen molar-refractivity contribution in [3.63, 3.8) is 0 Å². The van der Waals surface area contributed by atoms with Crippen LogP contribution in [-0.2, 0) is 0 Å². The number of hydrogen-bond acceptors (Lipinski definition) is 2. The zero-order valence-corrected chi connectivity index (χ0v) is 7.98. The molecule has 0 bridgehead atoms. The van der Waals surface area contributed by atoms with Crippen LogP contribution in [0, 0.1) is 0 Å². The highest BCUT2D eigenvalue weighted by atomic mass is 35.5. The largest absolute Gasteiger partial charge is 0.394 e. The minimum absolute atomic E-state index is 0.125. The van der Waals surface area contributed by atoms with E-state index in [2.05, 4.69) is 0 Å². The summed E-state index contributed by atoms with van der Waals surface area (Å²) in [6, 6.07) is 9.93. The van der Waals surface area contributed by atoms with Gasteiger partial charge in [0.05, 0.1) is 13.2 Å². The summed E-state index contributed by atoms with van der Waals surface area (Å²) >= 11 is 5.36. The third kappa shape index (κ3) is 7.53. The predicted octanol–water partition coefficient (Wildman–Crippen LogP) is 1.87. The molecule has 1 aromatic carbocycles. The van der Waals surface area contributed by atoms with E-state index in [1.165, 1.54) is 5.54 Å². The van der Waals surface area contributed by atoms with Crippen molar-refractivity contribution in [3.8, 4) is 0 Å².